The van der Waals surface area contributed by atoms with Crippen molar-refractivity contribution in [3.8, 4) is 0 Å². The summed E-state index contributed by atoms with van der Waals surface area (Å²) in [4.78, 5) is 0. The van der Waals surface area contributed by atoms with Gasteiger partial charge in [-0.05, 0) is 38.8 Å². The van der Waals surface area contributed by atoms with Crippen LogP contribution < -0.4 is 5.32 Å². The summed E-state index contributed by atoms with van der Waals surface area (Å²) in [6.07, 6.45) is 4.29. The highest BCUT2D eigenvalue weighted by Gasteiger charge is 2.14. The number of hydrogen-bond acceptors (Lipinski definition) is 2. The topological polar surface area (TPSA) is 29.9 Å². The molecular formula is C10H16ClN3. The van der Waals surface area contributed by atoms with Gasteiger partial charge in [0.05, 0.1) is 6.20 Å². The molecule has 1 aromatic heterocycles. The van der Waals surface area contributed by atoms with E-state index < -0.39 is 0 Å². The number of rotatable bonds is 3. The van der Waals surface area contributed by atoms with Crippen molar-refractivity contribution >= 4 is 11.6 Å². The first-order valence-corrected chi connectivity index (χ1v) is 5.54. The fourth-order valence-electron chi connectivity index (χ4n) is 1.89. The lowest BCUT2D eigenvalue weighted by Crippen LogP contribution is -2.11. The van der Waals surface area contributed by atoms with E-state index in [1.807, 2.05) is 17.8 Å². The molecule has 1 fully saturated rings. The number of aromatic nitrogens is 2. The maximum atomic E-state index is 6.08. The smallest absolute Gasteiger partial charge is 0.129 e. The molecule has 0 bridgehead atoms. The van der Waals surface area contributed by atoms with Crippen molar-refractivity contribution in [1.82, 2.24) is 15.1 Å². The molecule has 0 aromatic carbocycles. The first-order chi connectivity index (χ1) is 6.77. The summed E-state index contributed by atoms with van der Waals surface area (Å²) in [7, 11) is 0. The summed E-state index contributed by atoms with van der Waals surface area (Å²) >= 11 is 6.08. The molecule has 1 aromatic rings. The number of aryl methyl sites for hydroxylation is 2. The third kappa shape index (κ3) is 2.10. The molecule has 1 unspecified atom stereocenters. The highest BCUT2D eigenvalue weighted by atomic mass is 35.5. The maximum absolute atomic E-state index is 6.08. The molecule has 1 atom stereocenters. The Balaban J connectivity index is 1.88. The minimum absolute atomic E-state index is 0.788. The van der Waals surface area contributed by atoms with Crippen molar-refractivity contribution in [2.75, 3.05) is 13.1 Å². The van der Waals surface area contributed by atoms with E-state index in [0.29, 0.717) is 0 Å². The monoisotopic (exact) mass is 213 g/mol. The molecule has 1 aliphatic rings. The molecule has 3 nitrogen and oxygen atoms in total. The molecule has 0 aliphatic carbocycles. The molecule has 0 saturated carbocycles. The van der Waals surface area contributed by atoms with Gasteiger partial charge in [-0.1, -0.05) is 11.6 Å². The van der Waals surface area contributed by atoms with Crippen molar-refractivity contribution < 1.29 is 0 Å². The van der Waals surface area contributed by atoms with Crippen molar-refractivity contribution in [2.45, 2.75) is 26.3 Å². The molecule has 14 heavy (non-hydrogen) atoms. The highest BCUT2D eigenvalue weighted by Crippen LogP contribution is 2.17. The van der Waals surface area contributed by atoms with E-state index in [1.54, 1.807) is 0 Å². The average Bonchev–Trinajstić information content (AvgIpc) is 2.77. The van der Waals surface area contributed by atoms with Crippen LogP contribution in [0.5, 0.6) is 0 Å². The zero-order valence-electron chi connectivity index (χ0n) is 8.46. The Morgan fingerprint density at radius 2 is 2.57 bits per heavy atom. The van der Waals surface area contributed by atoms with Gasteiger partial charge in [0.1, 0.15) is 5.15 Å². The first-order valence-electron chi connectivity index (χ1n) is 5.16. The summed E-state index contributed by atoms with van der Waals surface area (Å²) < 4.78 is 1.90. The fourth-order valence-corrected chi connectivity index (χ4v) is 2.06. The van der Waals surface area contributed by atoms with Crippen LogP contribution in [0.4, 0.5) is 0 Å². The Morgan fingerprint density at radius 1 is 1.71 bits per heavy atom. The summed E-state index contributed by atoms with van der Waals surface area (Å²) in [5.74, 6) is 0.801. The minimum Gasteiger partial charge on any atom is -0.316 e. The second kappa shape index (κ2) is 4.32. The number of nitrogens with one attached hydrogen (secondary N) is 1. The largest absolute Gasteiger partial charge is 0.316 e. The summed E-state index contributed by atoms with van der Waals surface area (Å²) in [6, 6.07) is 0. The standard InChI is InChI=1S/C10H16ClN3/c1-8-6-13-14(10(8)11)5-3-9-2-4-12-7-9/h6,9,12H,2-5,7H2,1H3. The number of hydrogen-bond donors (Lipinski definition) is 1. The van der Waals surface area contributed by atoms with Crippen LogP contribution in [-0.2, 0) is 6.54 Å². The van der Waals surface area contributed by atoms with Crippen LogP contribution in [0.15, 0.2) is 6.20 Å². The molecular weight excluding hydrogens is 198 g/mol. The molecule has 1 saturated heterocycles. The molecule has 1 N–H and O–H groups in total. The van der Waals surface area contributed by atoms with E-state index in [-0.39, 0.29) is 0 Å². The summed E-state index contributed by atoms with van der Waals surface area (Å²) in [5.41, 5.74) is 1.07. The van der Waals surface area contributed by atoms with Crippen molar-refractivity contribution in [3.05, 3.63) is 16.9 Å². The second-order valence-electron chi connectivity index (χ2n) is 3.99. The normalized spacial score (nSPS) is 21.7. The lowest BCUT2D eigenvalue weighted by Gasteiger charge is -2.08. The zero-order valence-corrected chi connectivity index (χ0v) is 9.22. The molecule has 2 rings (SSSR count). The van der Waals surface area contributed by atoms with Crippen molar-refractivity contribution in [1.29, 1.82) is 0 Å². The predicted octanol–water partition coefficient (Wildman–Crippen LogP) is 1.84. The molecule has 2 heterocycles. The van der Waals surface area contributed by atoms with Gasteiger partial charge in [0.15, 0.2) is 0 Å². The average molecular weight is 214 g/mol. The number of halogens is 1. The van der Waals surface area contributed by atoms with Crippen LogP contribution in [-0.4, -0.2) is 22.9 Å². The predicted molar refractivity (Wildman–Crippen MR) is 57.6 cm³/mol. The van der Waals surface area contributed by atoms with Crippen LogP contribution in [0.25, 0.3) is 0 Å². The SMILES string of the molecule is Cc1cnn(CCC2CCNC2)c1Cl. The zero-order chi connectivity index (χ0) is 9.97. The summed E-state index contributed by atoms with van der Waals surface area (Å²) in [6.45, 7) is 5.25. The first kappa shape index (κ1) is 9.99. The van der Waals surface area contributed by atoms with E-state index in [0.717, 1.165) is 36.3 Å². The third-order valence-electron chi connectivity index (χ3n) is 2.85. The Kier molecular flexibility index (Phi) is 3.08. The Labute approximate surface area is 89.4 Å². The van der Waals surface area contributed by atoms with E-state index in [9.17, 15) is 0 Å². The minimum atomic E-state index is 0.788. The Bertz CT molecular complexity index is 302. The van der Waals surface area contributed by atoms with Crippen LogP contribution in [0.1, 0.15) is 18.4 Å². The molecule has 0 amide bonds. The quantitative estimate of drug-likeness (QED) is 0.831. The van der Waals surface area contributed by atoms with Gasteiger partial charge < -0.3 is 5.32 Å². The van der Waals surface area contributed by atoms with Gasteiger partial charge in [-0.15, -0.1) is 0 Å². The van der Waals surface area contributed by atoms with Gasteiger partial charge in [-0.2, -0.15) is 5.10 Å². The summed E-state index contributed by atoms with van der Waals surface area (Å²) in [5, 5.41) is 8.39. The second-order valence-corrected chi connectivity index (χ2v) is 4.35. The molecule has 1 aliphatic heterocycles. The van der Waals surface area contributed by atoms with E-state index in [1.165, 1.54) is 12.8 Å². The molecule has 4 heteroatoms. The van der Waals surface area contributed by atoms with Crippen LogP contribution in [0.2, 0.25) is 5.15 Å². The van der Waals surface area contributed by atoms with Gasteiger partial charge in [0.25, 0.3) is 0 Å². The maximum Gasteiger partial charge on any atom is 0.129 e. The molecule has 0 spiro atoms. The lowest BCUT2D eigenvalue weighted by molar-refractivity contribution is 0.458. The van der Waals surface area contributed by atoms with Crippen LogP contribution >= 0.6 is 11.6 Å². The van der Waals surface area contributed by atoms with E-state index >= 15 is 0 Å². The lowest BCUT2D eigenvalue weighted by atomic mass is 10.1. The van der Waals surface area contributed by atoms with Crippen molar-refractivity contribution in [2.24, 2.45) is 5.92 Å². The van der Waals surface area contributed by atoms with Gasteiger partial charge in [0.2, 0.25) is 0 Å². The van der Waals surface area contributed by atoms with Gasteiger partial charge in [0, 0.05) is 12.1 Å². The fraction of sp³-hybridized carbons (Fsp3) is 0.700. The number of nitrogens with zero attached hydrogens (tertiary/aromatic N) is 2. The van der Waals surface area contributed by atoms with Crippen LogP contribution in [0.3, 0.4) is 0 Å². The molecule has 78 valence electrons. The Hall–Kier alpha value is -0.540. The highest BCUT2D eigenvalue weighted by molar-refractivity contribution is 6.30. The van der Waals surface area contributed by atoms with E-state index in [4.69, 9.17) is 11.6 Å². The molecule has 0 radical (unpaired) electrons. The van der Waals surface area contributed by atoms with Gasteiger partial charge >= 0.3 is 0 Å². The van der Waals surface area contributed by atoms with Gasteiger partial charge in [-0.25, -0.2) is 0 Å². The van der Waals surface area contributed by atoms with E-state index in [2.05, 4.69) is 10.4 Å². The third-order valence-corrected chi connectivity index (χ3v) is 3.35. The Morgan fingerprint density at radius 3 is 3.14 bits per heavy atom. The van der Waals surface area contributed by atoms with Gasteiger partial charge in [-0.3, -0.25) is 4.68 Å². The van der Waals surface area contributed by atoms with Crippen molar-refractivity contribution in [3.63, 3.8) is 0 Å². The van der Waals surface area contributed by atoms with Crippen LogP contribution in [0, 0.1) is 12.8 Å².